The van der Waals surface area contributed by atoms with Crippen molar-refractivity contribution in [3.63, 3.8) is 0 Å². The van der Waals surface area contributed by atoms with Crippen molar-refractivity contribution in [2.75, 3.05) is 11.9 Å². The van der Waals surface area contributed by atoms with Crippen LogP contribution in [0.1, 0.15) is 23.6 Å². The lowest BCUT2D eigenvalue weighted by Gasteiger charge is -2.20. The van der Waals surface area contributed by atoms with E-state index in [1.807, 2.05) is 24.3 Å². The molecule has 0 spiro atoms. The number of halogens is 3. The van der Waals surface area contributed by atoms with Crippen LogP contribution in [0.25, 0.3) is 0 Å². The third-order valence-corrected chi connectivity index (χ3v) is 4.77. The molecular weight excluding hydrogens is 309 g/mol. The Morgan fingerprint density at radius 3 is 2.59 bits per heavy atom. The smallest absolute Gasteiger partial charge is 0.377 e. The minimum atomic E-state index is -4.34. The highest BCUT2D eigenvalue weighted by Gasteiger charge is 2.32. The maximum atomic E-state index is 12.9. The van der Waals surface area contributed by atoms with Crippen LogP contribution in [-0.4, -0.2) is 6.54 Å². The van der Waals surface area contributed by atoms with E-state index >= 15 is 0 Å². The summed E-state index contributed by atoms with van der Waals surface area (Å²) in [5.41, 5.74) is 6.60. The fourth-order valence-electron chi connectivity index (χ4n) is 2.55. The number of hydrogen-bond acceptors (Lipinski definition) is 3. The summed E-state index contributed by atoms with van der Waals surface area (Å²) >= 11 is 1.48. The van der Waals surface area contributed by atoms with E-state index in [9.17, 15) is 13.2 Å². The molecule has 1 heterocycles. The number of alkyl halides is 3. The summed E-state index contributed by atoms with van der Waals surface area (Å²) in [6.45, 7) is 0.463. The van der Waals surface area contributed by atoms with Crippen molar-refractivity contribution >= 4 is 17.4 Å². The van der Waals surface area contributed by atoms with Gasteiger partial charge in [0.2, 0.25) is 0 Å². The quantitative estimate of drug-likeness (QED) is 0.843. The predicted octanol–water partition coefficient (Wildman–Crippen LogP) is 4.67. The van der Waals surface area contributed by atoms with Gasteiger partial charge in [-0.2, -0.15) is 13.2 Å². The van der Waals surface area contributed by atoms with Crippen molar-refractivity contribution in [3.8, 4) is 0 Å². The van der Waals surface area contributed by atoms with E-state index in [-0.39, 0.29) is 6.04 Å². The van der Waals surface area contributed by atoms with Crippen LogP contribution in [0, 0.1) is 0 Å². The van der Waals surface area contributed by atoms with Gasteiger partial charge in [0, 0.05) is 15.5 Å². The molecule has 116 valence electrons. The van der Waals surface area contributed by atoms with Gasteiger partial charge in [-0.25, -0.2) is 0 Å². The zero-order chi connectivity index (χ0) is 15.7. The number of hydrogen-bond donors (Lipinski definition) is 2. The Labute approximate surface area is 130 Å². The first kappa shape index (κ1) is 15.2. The molecule has 0 saturated heterocycles. The summed E-state index contributed by atoms with van der Waals surface area (Å²) in [5, 5.41) is 3.23. The summed E-state index contributed by atoms with van der Waals surface area (Å²) in [6.07, 6.45) is -3.68. The number of fused-ring (bicyclic) bond motifs is 2. The van der Waals surface area contributed by atoms with E-state index in [2.05, 4.69) is 5.32 Å². The minimum Gasteiger partial charge on any atom is -0.377 e. The van der Waals surface area contributed by atoms with Gasteiger partial charge >= 0.3 is 6.18 Å². The minimum absolute atomic E-state index is 0.0848. The van der Waals surface area contributed by atoms with Gasteiger partial charge in [-0.05, 0) is 42.8 Å². The highest BCUT2D eigenvalue weighted by atomic mass is 32.2. The van der Waals surface area contributed by atoms with Crippen molar-refractivity contribution in [1.82, 2.24) is 0 Å². The molecule has 0 saturated carbocycles. The summed E-state index contributed by atoms with van der Waals surface area (Å²) < 4.78 is 38.7. The first-order valence-electron chi connectivity index (χ1n) is 6.93. The Kier molecular flexibility index (Phi) is 4.06. The fraction of sp³-hybridized carbons (Fsp3) is 0.250. The second-order valence-corrected chi connectivity index (χ2v) is 6.21. The molecule has 0 bridgehead atoms. The van der Waals surface area contributed by atoms with Crippen LogP contribution >= 0.6 is 11.8 Å². The summed E-state index contributed by atoms with van der Waals surface area (Å²) in [5.74, 6) is 0. The molecule has 0 radical (unpaired) electrons. The van der Waals surface area contributed by atoms with Crippen molar-refractivity contribution in [1.29, 1.82) is 0 Å². The van der Waals surface area contributed by atoms with E-state index < -0.39 is 11.7 Å². The molecule has 1 unspecified atom stereocenters. The van der Waals surface area contributed by atoms with Crippen LogP contribution in [0.3, 0.4) is 0 Å². The van der Waals surface area contributed by atoms with Gasteiger partial charge < -0.3 is 11.1 Å². The Bertz CT molecular complexity index is 685. The zero-order valence-electron chi connectivity index (χ0n) is 11.7. The normalized spacial score (nSPS) is 17.2. The van der Waals surface area contributed by atoms with E-state index in [1.54, 1.807) is 0 Å². The fourth-order valence-corrected chi connectivity index (χ4v) is 3.62. The van der Waals surface area contributed by atoms with E-state index in [0.717, 1.165) is 21.4 Å². The summed E-state index contributed by atoms with van der Waals surface area (Å²) in [4.78, 5) is 1.84. The molecule has 2 nitrogen and oxygen atoms in total. The first-order chi connectivity index (χ1) is 10.5. The topological polar surface area (TPSA) is 38.0 Å². The molecule has 3 N–H and O–H groups in total. The highest BCUT2D eigenvalue weighted by molar-refractivity contribution is 7.99. The molecule has 0 amide bonds. The van der Waals surface area contributed by atoms with Crippen LogP contribution in [-0.2, 0) is 6.18 Å². The highest BCUT2D eigenvalue weighted by Crippen LogP contribution is 2.44. The summed E-state index contributed by atoms with van der Waals surface area (Å²) in [6, 6.07) is 11.6. The monoisotopic (exact) mass is 324 g/mol. The molecular formula is C16H15F3N2S. The number of nitrogens with two attached hydrogens (primary N) is 1. The lowest BCUT2D eigenvalue weighted by atomic mass is 10.0. The lowest BCUT2D eigenvalue weighted by molar-refractivity contribution is -0.137. The van der Waals surface area contributed by atoms with Gasteiger partial charge in [-0.3, -0.25) is 0 Å². The SMILES string of the molecule is NCCC1Nc2cc(C(F)(F)F)ccc2Sc2ccccc21. The first-order valence-corrected chi connectivity index (χ1v) is 7.75. The lowest BCUT2D eigenvalue weighted by Crippen LogP contribution is -2.16. The molecule has 0 aromatic heterocycles. The standard InChI is InChI=1S/C16H15F3N2S/c17-16(18,19)10-5-6-15-13(9-10)21-12(7-8-20)11-3-1-2-4-14(11)22-15/h1-6,9,12,21H,7-8,20H2. The average Bonchev–Trinajstić information content (AvgIpc) is 2.62. The van der Waals surface area contributed by atoms with Crippen molar-refractivity contribution in [3.05, 3.63) is 53.6 Å². The number of benzene rings is 2. The molecule has 2 aromatic carbocycles. The van der Waals surface area contributed by atoms with Gasteiger partial charge in [0.1, 0.15) is 0 Å². The number of anilines is 1. The largest absolute Gasteiger partial charge is 0.416 e. The molecule has 1 aliphatic rings. The maximum absolute atomic E-state index is 12.9. The Morgan fingerprint density at radius 1 is 1.09 bits per heavy atom. The van der Waals surface area contributed by atoms with E-state index in [0.29, 0.717) is 18.7 Å². The third kappa shape index (κ3) is 2.94. The van der Waals surface area contributed by atoms with Crippen LogP contribution in [0.4, 0.5) is 18.9 Å². The van der Waals surface area contributed by atoms with Crippen molar-refractivity contribution in [2.24, 2.45) is 5.73 Å². The van der Waals surface area contributed by atoms with Crippen LogP contribution in [0.2, 0.25) is 0 Å². The third-order valence-electron chi connectivity index (χ3n) is 3.61. The van der Waals surface area contributed by atoms with E-state index in [1.165, 1.54) is 23.9 Å². The van der Waals surface area contributed by atoms with E-state index in [4.69, 9.17) is 5.73 Å². The molecule has 0 aliphatic carbocycles. The molecule has 3 rings (SSSR count). The second-order valence-electron chi connectivity index (χ2n) is 5.12. The molecule has 2 aromatic rings. The second kappa shape index (κ2) is 5.85. The van der Waals surface area contributed by atoms with Gasteiger partial charge in [0.15, 0.2) is 0 Å². The van der Waals surface area contributed by atoms with Crippen LogP contribution < -0.4 is 11.1 Å². The predicted molar refractivity (Wildman–Crippen MR) is 82.0 cm³/mol. The molecule has 6 heteroatoms. The Balaban J connectivity index is 2.06. The molecule has 1 atom stereocenters. The zero-order valence-corrected chi connectivity index (χ0v) is 12.5. The average molecular weight is 324 g/mol. The summed E-state index contributed by atoms with van der Waals surface area (Å²) in [7, 11) is 0. The van der Waals surface area contributed by atoms with Gasteiger partial charge in [-0.1, -0.05) is 30.0 Å². The van der Waals surface area contributed by atoms with Crippen molar-refractivity contribution < 1.29 is 13.2 Å². The Morgan fingerprint density at radius 2 is 1.86 bits per heavy atom. The number of nitrogens with one attached hydrogen (secondary N) is 1. The van der Waals surface area contributed by atoms with Gasteiger partial charge in [0.05, 0.1) is 11.6 Å². The number of rotatable bonds is 2. The van der Waals surface area contributed by atoms with Crippen LogP contribution in [0.5, 0.6) is 0 Å². The Hall–Kier alpha value is -1.66. The maximum Gasteiger partial charge on any atom is 0.416 e. The van der Waals surface area contributed by atoms with Gasteiger partial charge in [-0.15, -0.1) is 0 Å². The molecule has 22 heavy (non-hydrogen) atoms. The van der Waals surface area contributed by atoms with Gasteiger partial charge in [0.25, 0.3) is 0 Å². The van der Waals surface area contributed by atoms with Crippen LogP contribution in [0.15, 0.2) is 52.3 Å². The van der Waals surface area contributed by atoms with Crippen molar-refractivity contribution in [2.45, 2.75) is 28.4 Å². The molecule has 0 fully saturated rings. The molecule has 1 aliphatic heterocycles.